The molecular formula is C11H18O5. The zero-order valence-corrected chi connectivity index (χ0v) is 9.26. The van der Waals surface area contributed by atoms with E-state index < -0.39 is 5.97 Å². The third kappa shape index (κ3) is 22.8. The zero-order chi connectivity index (χ0) is 12.6. The maximum Gasteiger partial charge on any atom is 0.327 e. The summed E-state index contributed by atoms with van der Waals surface area (Å²) in [4.78, 5) is 9.25. The number of carbonyl (C=O) groups is 1. The number of ether oxygens (including phenoxy) is 3. The van der Waals surface area contributed by atoms with Gasteiger partial charge in [0.1, 0.15) is 13.2 Å². The van der Waals surface area contributed by atoms with Crippen LogP contribution in [0.2, 0.25) is 0 Å². The number of carboxylic acids is 1. The number of hydrogen-bond acceptors (Lipinski definition) is 4. The van der Waals surface area contributed by atoms with Crippen molar-refractivity contribution < 1.29 is 24.1 Å². The van der Waals surface area contributed by atoms with E-state index in [1.165, 1.54) is 12.5 Å². The van der Waals surface area contributed by atoms with Crippen LogP contribution in [-0.4, -0.2) is 37.5 Å². The second-order valence-corrected chi connectivity index (χ2v) is 2.23. The van der Waals surface area contributed by atoms with Crippen molar-refractivity contribution >= 4 is 5.97 Å². The Bertz CT molecular complexity index is 189. The predicted molar refractivity (Wildman–Crippen MR) is 60.9 cm³/mol. The predicted octanol–water partition coefficient (Wildman–Crippen LogP) is 1.58. The van der Waals surface area contributed by atoms with Crippen molar-refractivity contribution in [2.75, 3.05) is 26.4 Å². The highest BCUT2D eigenvalue weighted by atomic mass is 16.5. The van der Waals surface area contributed by atoms with Gasteiger partial charge in [-0.05, 0) is 0 Å². The minimum Gasteiger partial charge on any atom is -0.499 e. The van der Waals surface area contributed by atoms with E-state index in [0.29, 0.717) is 26.4 Å². The molecule has 0 unspecified atom stereocenters. The van der Waals surface area contributed by atoms with Crippen LogP contribution in [0.3, 0.4) is 0 Å². The van der Waals surface area contributed by atoms with Crippen molar-refractivity contribution in [3.8, 4) is 0 Å². The molecule has 0 aliphatic rings. The van der Waals surface area contributed by atoms with E-state index in [4.69, 9.17) is 19.3 Å². The maximum atomic E-state index is 9.25. The first-order valence-corrected chi connectivity index (χ1v) is 4.57. The van der Waals surface area contributed by atoms with Crippen molar-refractivity contribution in [1.29, 1.82) is 0 Å². The molecule has 0 rings (SSSR count). The van der Waals surface area contributed by atoms with Gasteiger partial charge in [0.25, 0.3) is 0 Å². The molecule has 5 heteroatoms. The summed E-state index contributed by atoms with van der Waals surface area (Å²) in [7, 11) is 0. The molecular weight excluding hydrogens is 212 g/mol. The SMILES string of the molecule is C=CC(=O)O.C=COCCOCCOC=C. The van der Waals surface area contributed by atoms with Crippen LogP contribution in [0.15, 0.2) is 38.3 Å². The van der Waals surface area contributed by atoms with Crippen LogP contribution in [0, 0.1) is 0 Å². The second-order valence-electron chi connectivity index (χ2n) is 2.23. The highest BCUT2D eigenvalue weighted by molar-refractivity contribution is 5.78. The largest absolute Gasteiger partial charge is 0.499 e. The molecule has 0 fully saturated rings. The summed E-state index contributed by atoms with van der Waals surface area (Å²) in [6, 6.07) is 0. The van der Waals surface area contributed by atoms with Crippen LogP contribution in [-0.2, 0) is 19.0 Å². The van der Waals surface area contributed by atoms with Gasteiger partial charge in [0.15, 0.2) is 0 Å². The molecule has 1 N–H and O–H groups in total. The van der Waals surface area contributed by atoms with Gasteiger partial charge in [0.2, 0.25) is 0 Å². The minimum atomic E-state index is -0.981. The molecule has 0 aliphatic heterocycles. The van der Waals surface area contributed by atoms with E-state index in [2.05, 4.69) is 19.7 Å². The van der Waals surface area contributed by atoms with Crippen molar-refractivity contribution in [2.45, 2.75) is 0 Å². The minimum absolute atomic E-state index is 0.539. The summed E-state index contributed by atoms with van der Waals surface area (Å²) >= 11 is 0. The van der Waals surface area contributed by atoms with Gasteiger partial charge in [0.05, 0.1) is 25.7 Å². The lowest BCUT2D eigenvalue weighted by Crippen LogP contribution is -2.06. The van der Waals surface area contributed by atoms with Crippen molar-refractivity contribution in [3.05, 3.63) is 38.3 Å². The Hall–Kier alpha value is -1.75. The zero-order valence-electron chi connectivity index (χ0n) is 9.26. The van der Waals surface area contributed by atoms with E-state index in [0.717, 1.165) is 6.08 Å². The summed E-state index contributed by atoms with van der Waals surface area (Å²) in [5, 5.41) is 7.60. The lowest BCUT2D eigenvalue weighted by atomic mass is 10.7. The van der Waals surface area contributed by atoms with Crippen LogP contribution in [0.5, 0.6) is 0 Å². The summed E-state index contributed by atoms with van der Waals surface area (Å²) < 4.78 is 14.7. The standard InChI is InChI=1S/C8H14O3.C3H4O2/c1-3-9-5-7-11-8-6-10-4-2;1-2-3(4)5/h3-4H,1-2,5-8H2;2H,1H2,(H,4,5). The number of hydrogen-bond donors (Lipinski definition) is 1. The fourth-order valence-corrected chi connectivity index (χ4v) is 0.483. The fourth-order valence-electron chi connectivity index (χ4n) is 0.483. The lowest BCUT2D eigenvalue weighted by Gasteiger charge is -2.02. The number of aliphatic carboxylic acids is 1. The summed E-state index contributed by atoms with van der Waals surface area (Å²) in [5.41, 5.74) is 0. The quantitative estimate of drug-likeness (QED) is 0.370. The molecule has 0 atom stereocenters. The summed E-state index contributed by atoms with van der Waals surface area (Å²) in [5.74, 6) is -0.981. The molecule has 5 nitrogen and oxygen atoms in total. The summed E-state index contributed by atoms with van der Waals surface area (Å²) in [6.45, 7) is 11.9. The number of rotatable bonds is 9. The van der Waals surface area contributed by atoms with Gasteiger partial charge in [-0.3, -0.25) is 0 Å². The molecule has 0 aromatic carbocycles. The van der Waals surface area contributed by atoms with Gasteiger partial charge in [-0.15, -0.1) is 0 Å². The van der Waals surface area contributed by atoms with E-state index in [1.807, 2.05) is 0 Å². The average molecular weight is 230 g/mol. The van der Waals surface area contributed by atoms with Crippen LogP contribution >= 0.6 is 0 Å². The average Bonchev–Trinajstić information content (AvgIpc) is 2.29. The third-order valence-corrected chi connectivity index (χ3v) is 1.10. The molecule has 16 heavy (non-hydrogen) atoms. The molecule has 0 amide bonds. The number of carboxylic acid groups (broad SMARTS) is 1. The van der Waals surface area contributed by atoms with Gasteiger partial charge in [-0.25, -0.2) is 4.79 Å². The Morgan fingerprint density at radius 3 is 1.62 bits per heavy atom. The third-order valence-electron chi connectivity index (χ3n) is 1.10. The topological polar surface area (TPSA) is 65.0 Å². The molecule has 0 bridgehead atoms. The van der Waals surface area contributed by atoms with Crippen LogP contribution in [0.25, 0.3) is 0 Å². The normalized spacial score (nSPS) is 8.00. The van der Waals surface area contributed by atoms with E-state index >= 15 is 0 Å². The lowest BCUT2D eigenvalue weighted by molar-refractivity contribution is -0.131. The molecule has 0 spiro atoms. The second kappa shape index (κ2) is 15.7. The smallest absolute Gasteiger partial charge is 0.327 e. The van der Waals surface area contributed by atoms with Crippen LogP contribution in [0.4, 0.5) is 0 Å². The fraction of sp³-hybridized carbons (Fsp3) is 0.364. The van der Waals surface area contributed by atoms with E-state index in [1.54, 1.807) is 0 Å². The molecule has 0 aliphatic carbocycles. The first-order chi connectivity index (χ1) is 7.68. The van der Waals surface area contributed by atoms with Crippen molar-refractivity contribution in [1.82, 2.24) is 0 Å². The van der Waals surface area contributed by atoms with Crippen LogP contribution in [0.1, 0.15) is 0 Å². The van der Waals surface area contributed by atoms with Gasteiger partial charge in [-0.2, -0.15) is 0 Å². The molecule has 0 saturated carbocycles. The Kier molecular flexibility index (Phi) is 16.4. The molecule has 0 radical (unpaired) electrons. The van der Waals surface area contributed by atoms with Gasteiger partial charge < -0.3 is 19.3 Å². The Labute approximate surface area is 95.6 Å². The highest BCUT2D eigenvalue weighted by Crippen LogP contribution is 1.80. The van der Waals surface area contributed by atoms with Gasteiger partial charge in [0, 0.05) is 6.08 Å². The summed E-state index contributed by atoms with van der Waals surface area (Å²) in [6.07, 6.45) is 3.62. The Morgan fingerprint density at radius 1 is 1.00 bits per heavy atom. The van der Waals surface area contributed by atoms with Gasteiger partial charge >= 0.3 is 5.97 Å². The molecule has 0 aromatic rings. The first-order valence-electron chi connectivity index (χ1n) is 4.57. The monoisotopic (exact) mass is 230 g/mol. The Balaban J connectivity index is 0. The van der Waals surface area contributed by atoms with Crippen LogP contribution < -0.4 is 0 Å². The Morgan fingerprint density at radius 2 is 1.38 bits per heavy atom. The molecule has 0 heterocycles. The maximum absolute atomic E-state index is 9.25. The highest BCUT2D eigenvalue weighted by Gasteiger charge is 1.86. The van der Waals surface area contributed by atoms with Gasteiger partial charge in [-0.1, -0.05) is 19.7 Å². The van der Waals surface area contributed by atoms with E-state index in [9.17, 15) is 4.79 Å². The van der Waals surface area contributed by atoms with E-state index in [-0.39, 0.29) is 0 Å². The molecule has 0 saturated heterocycles. The first kappa shape index (κ1) is 16.7. The molecule has 92 valence electrons. The van der Waals surface area contributed by atoms with Crippen molar-refractivity contribution in [2.24, 2.45) is 0 Å². The molecule has 0 aromatic heterocycles. The van der Waals surface area contributed by atoms with Crippen molar-refractivity contribution in [3.63, 3.8) is 0 Å².